The van der Waals surface area contributed by atoms with Crippen LogP contribution in [0.1, 0.15) is 12.6 Å². The number of hydrogen-bond acceptors (Lipinski definition) is 2. The van der Waals surface area contributed by atoms with Gasteiger partial charge in [-0.2, -0.15) is 8.78 Å². The lowest BCUT2D eigenvalue weighted by Gasteiger charge is -2.14. The lowest BCUT2D eigenvalue weighted by atomic mass is 10.2. The zero-order chi connectivity index (χ0) is 15.9. The minimum absolute atomic E-state index is 0.0732. The van der Waals surface area contributed by atoms with Crippen LogP contribution in [-0.4, -0.2) is 9.97 Å². The minimum Gasteiger partial charge on any atom is -0.361 e. The Morgan fingerprint density at radius 3 is 2.64 bits per heavy atom. The number of nitrogens with zero attached hydrogens (tertiary/aromatic N) is 1. The Labute approximate surface area is 135 Å². The van der Waals surface area contributed by atoms with Gasteiger partial charge in [-0.1, -0.05) is 23.2 Å². The van der Waals surface area contributed by atoms with Gasteiger partial charge < -0.3 is 10.3 Å². The maximum atomic E-state index is 13.5. The van der Waals surface area contributed by atoms with Crippen molar-refractivity contribution in [2.45, 2.75) is 12.8 Å². The number of pyridine rings is 1. The molecule has 0 saturated heterocycles. The molecule has 2 N–H and O–H groups in total. The molecule has 114 valence electrons. The number of aromatic nitrogens is 2. The number of fused-ring (bicyclic) bond motifs is 1. The first kappa shape index (κ1) is 15.1. The van der Waals surface area contributed by atoms with Gasteiger partial charge in [-0.3, -0.25) is 0 Å². The first-order valence-corrected chi connectivity index (χ1v) is 7.19. The van der Waals surface area contributed by atoms with Crippen LogP contribution in [0.3, 0.4) is 0 Å². The molecule has 0 aliphatic carbocycles. The van der Waals surface area contributed by atoms with Crippen LogP contribution in [0, 0.1) is 0 Å². The Balaban J connectivity index is 1.98. The third-order valence-corrected chi connectivity index (χ3v) is 3.77. The molecule has 0 atom stereocenters. The Bertz CT molecular complexity index is 840. The van der Waals surface area contributed by atoms with Gasteiger partial charge in [0.1, 0.15) is 11.5 Å². The van der Waals surface area contributed by atoms with Gasteiger partial charge in [0.2, 0.25) is 0 Å². The molecule has 0 unspecified atom stereocenters. The summed E-state index contributed by atoms with van der Waals surface area (Å²) >= 11 is 12.0. The van der Waals surface area contributed by atoms with Crippen LogP contribution < -0.4 is 5.32 Å². The number of rotatable bonds is 3. The van der Waals surface area contributed by atoms with Crippen LogP contribution in [-0.2, 0) is 5.92 Å². The first-order chi connectivity index (χ1) is 10.3. The third kappa shape index (κ3) is 2.87. The predicted molar refractivity (Wildman–Crippen MR) is 85.4 cm³/mol. The number of nitrogens with one attached hydrogen (secondary N) is 2. The summed E-state index contributed by atoms with van der Waals surface area (Å²) in [5.41, 5.74) is 1.01. The molecule has 7 heteroatoms. The van der Waals surface area contributed by atoms with Crippen molar-refractivity contribution in [3.8, 4) is 0 Å². The molecule has 22 heavy (non-hydrogen) atoms. The van der Waals surface area contributed by atoms with Crippen molar-refractivity contribution in [1.29, 1.82) is 0 Å². The molecule has 1 aromatic carbocycles. The quantitative estimate of drug-likeness (QED) is 0.639. The zero-order valence-corrected chi connectivity index (χ0v) is 12.9. The first-order valence-electron chi connectivity index (χ1n) is 6.43. The summed E-state index contributed by atoms with van der Waals surface area (Å²) in [7, 11) is 0. The topological polar surface area (TPSA) is 40.7 Å². The molecule has 2 heterocycles. The second kappa shape index (κ2) is 5.41. The van der Waals surface area contributed by atoms with Gasteiger partial charge in [0.25, 0.3) is 5.92 Å². The lowest BCUT2D eigenvalue weighted by molar-refractivity contribution is 0.0130. The Morgan fingerprint density at radius 2 is 1.91 bits per heavy atom. The standard InChI is InChI=1S/C15H11Cl2F2N3/c1-15(18,19)14-10(16)2-3-13(22-14)21-8-6-11(17)9-4-5-20-12(9)7-8/h2-7,20H,1H3,(H,21,22). The van der Waals surface area contributed by atoms with Crippen LogP contribution in [0.2, 0.25) is 10.0 Å². The summed E-state index contributed by atoms with van der Waals surface area (Å²) in [4.78, 5) is 6.94. The molecule has 0 amide bonds. The summed E-state index contributed by atoms with van der Waals surface area (Å²) in [6.07, 6.45) is 1.77. The van der Waals surface area contributed by atoms with E-state index >= 15 is 0 Å². The summed E-state index contributed by atoms with van der Waals surface area (Å²) in [6, 6.07) is 8.31. The second-order valence-electron chi connectivity index (χ2n) is 4.94. The zero-order valence-electron chi connectivity index (χ0n) is 11.4. The van der Waals surface area contributed by atoms with Crippen LogP contribution in [0.25, 0.3) is 10.9 Å². The molecule has 3 nitrogen and oxygen atoms in total. The molecule has 3 rings (SSSR count). The smallest absolute Gasteiger partial charge is 0.288 e. The number of benzene rings is 1. The maximum absolute atomic E-state index is 13.5. The average molecular weight is 342 g/mol. The Hall–Kier alpha value is -1.85. The molecule has 0 bridgehead atoms. The van der Waals surface area contributed by atoms with E-state index in [4.69, 9.17) is 23.2 Å². The highest BCUT2D eigenvalue weighted by Crippen LogP contribution is 2.33. The fraction of sp³-hybridized carbons (Fsp3) is 0.133. The van der Waals surface area contributed by atoms with Crippen molar-refractivity contribution in [2.75, 3.05) is 5.32 Å². The van der Waals surface area contributed by atoms with Gasteiger partial charge >= 0.3 is 0 Å². The van der Waals surface area contributed by atoms with Crippen LogP contribution in [0.4, 0.5) is 20.3 Å². The van der Waals surface area contributed by atoms with Gasteiger partial charge in [0.15, 0.2) is 0 Å². The van der Waals surface area contributed by atoms with Gasteiger partial charge in [-0.15, -0.1) is 0 Å². The number of alkyl halides is 2. The fourth-order valence-corrected chi connectivity index (χ4v) is 2.71. The second-order valence-corrected chi connectivity index (χ2v) is 5.75. The van der Waals surface area contributed by atoms with Crippen molar-refractivity contribution in [3.05, 3.63) is 52.3 Å². The lowest BCUT2D eigenvalue weighted by Crippen LogP contribution is -2.11. The van der Waals surface area contributed by atoms with Crippen molar-refractivity contribution in [1.82, 2.24) is 9.97 Å². The summed E-state index contributed by atoms with van der Waals surface area (Å²) in [5, 5.41) is 4.32. The summed E-state index contributed by atoms with van der Waals surface area (Å²) in [5.74, 6) is -2.85. The third-order valence-electron chi connectivity index (χ3n) is 3.15. The minimum atomic E-state index is -3.12. The fourth-order valence-electron chi connectivity index (χ4n) is 2.16. The Morgan fingerprint density at radius 1 is 1.14 bits per heavy atom. The molecule has 0 fully saturated rings. The van der Waals surface area contributed by atoms with Crippen LogP contribution in [0.5, 0.6) is 0 Å². The SMILES string of the molecule is CC(F)(F)c1nc(Nc2cc(Cl)c3cc[nH]c3c2)ccc1Cl. The molecular weight excluding hydrogens is 331 g/mol. The number of hydrogen-bond donors (Lipinski definition) is 2. The van der Waals surface area contributed by atoms with Gasteiger partial charge in [-0.25, -0.2) is 4.98 Å². The monoisotopic (exact) mass is 341 g/mol. The van der Waals surface area contributed by atoms with Crippen molar-refractivity contribution in [3.63, 3.8) is 0 Å². The number of anilines is 2. The molecule has 0 saturated carbocycles. The van der Waals surface area contributed by atoms with Crippen molar-refractivity contribution >= 4 is 45.6 Å². The van der Waals surface area contributed by atoms with E-state index in [1.807, 2.05) is 12.1 Å². The van der Waals surface area contributed by atoms with Crippen LogP contribution in [0.15, 0.2) is 36.5 Å². The van der Waals surface area contributed by atoms with E-state index in [0.717, 1.165) is 17.8 Å². The molecule has 0 aliphatic heterocycles. The molecular formula is C15H11Cl2F2N3. The highest BCUT2D eigenvalue weighted by Gasteiger charge is 2.29. The van der Waals surface area contributed by atoms with E-state index in [1.54, 1.807) is 12.3 Å². The normalized spacial score (nSPS) is 11.9. The largest absolute Gasteiger partial charge is 0.361 e. The van der Waals surface area contributed by atoms with Gasteiger partial charge in [-0.05, 0) is 30.3 Å². The van der Waals surface area contributed by atoms with E-state index in [-0.39, 0.29) is 10.8 Å². The van der Waals surface area contributed by atoms with Gasteiger partial charge in [0.05, 0.1) is 10.0 Å². The van der Waals surface area contributed by atoms with E-state index in [9.17, 15) is 8.78 Å². The maximum Gasteiger partial charge on any atom is 0.288 e. The van der Waals surface area contributed by atoms with Crippen molar-refractivity contribution in [2.24, 2.45) is 0 Å². The van der Waals surface area contributed by atoms with E-state index in [2.05, 4.69) is 15.3 Å². The molecule has 3 aromatic rings. The summed E-state index contributed by atoms with van der Waals surface area (Å²) in [6.45, 7) is 0.757. The Kier molecular flexibility index (Phi) is 3.70. The number of aromatic amines is 1. The van der Waals surface area contributed by atoms with Crippen LogP contribution >= 0.6 is 23.2 Å². The highest BCUT2D eigenvalue weighted by molar-refractivity contribution is 6.35. The molecule has 0 spiro atoms. The van der Waals surface area contributed by atoms with Crippen molar-refractivity contribution < 1.29 is 8.78 Å². The average Bonchev–Trinajstić information content (AvgIpc) is 2.88. The van der Waals surface area contributed by atoms with E-state index in [1.165, 1.54) is 12.1 Å². The van der Waals surface area contributed by atoms with E-state index < -0.39 is 11.6 Å². The van der Waals surface area contributed by atoms with E-state index in [0.29, 0.717) is 10.7 Å². The highest BCUT2D eigenvalue weighted by atomic mass is 35.5. The number of halogens is 4. The molecule has 2 aromatic heterocycles. The molecule has 0 aliphatic rings. The molecule has 0 radical (unpaired) electrons. The number of H-pyrrole nitrogens is 1. The van der Waals surface area contributed by atoms with Gasteiger partial charge in [0, 0.05) is 29.7 Å². The summed E-state index contributed by atoms with van der Waals surface area (Å²) < 4.78 is 26.9. The predicted octanol–water partition coefficient (Wildman–Crippen LogP) is 5.73.